The summed E-state index contributed by atoms with van der Waals surface area (Å²) < 4.78 is 5.64. The van der Waals surface area contributed by atoms with Gasteiger partial charge in [0.2, 0.25) is 0 Å². The molecule has 0 spiro atoms. The molecule has 0 radical (unpaired) electrons. The Kier molecular flexibility index (Phi) is 3.75. The summed E-state index contributed by atoms with van der Waals surface area (Å²) in [7, 11) is 1.60. The third kappa shape index (κ3) is 2.13. The number of nitrogens with zero attached hydrogens (tertiary/aromatic N) is 1. The predicted molar refractivity (Wildman–Crippen MR) is 71.0 cm³/mol. The van der Waals surface area contributed by atoms with Crippen molar-refractivity contribution in [3.63, 3.8) is 0 Å². The van der Waals surface area contributed by atoms with Gasteiger partial charge in [-0.3, -0.25) is 0 Å². The number of rotatable bonds is 4. The van der Waals surface area contributed by atoms with E-state index in [1.165, 1.54) is 6.21 Å². The summed E-state index contributed by atoms with van der Waals surface area (Å²) in [6.45, 7) is 0. The molecule has 0 fully saturated rings. The van der Waals surface area contributed by atoms with Crippen LogP contribution in [0.5, 0.6) is 0 Å². The second kappa shape index (κ2) is 5.47. The van der Waals surface area contributed by atoms with Gasteiger partial charge in [-0.05, 0) is 11.1 Å². The van der Waals surface area contributed by atoms with Crippen molar-refractivity contribution in [2.24, 2.45) is 5.16 Å². The van der Waals surface area contributed by atoms with Gasteiger partial charge >= 0.3 is 0 Å². The zero-order chi connectivity index (χ0) is 12.8. The van der Waals surface area contributed by atoms with Crippen LogP contribution in [0.1, 0.15) is 11.1 Å². The lowest BCUT2D eigenvalue weighted by Gasteiger charge is -2.29. The van der Waals surface area contributed by atoms with Gasteiger partial charge in [-0.1, -0.05) is 65.8 Å². The Hall–Kier alpha value is -2.13. The third-order valence-corrected chi connectivity index (χ3v) is 2.97. The van der Waals surface area contributed by atoms with Crippen LogP contribution in [0.2, 0.25) is 0 Å². The van der Waals surface area contributed by atoms with Crippen LogP contribution in [0.3, 0.4) is 0 Å². The number of methoxy groups -OCH3 is 1. The minimum atomic E-state index is -0.864. The van der Waals surface area contributed by atoms with E-state index in [1.54, 1.807) is 7.11 Å². The standard InChI is InChI=1S/C15H15NO2/c1-18-15(12-16-17,13-8-4-2-5-9-13)14-10-6-3-7-11-14/h2-12,17H,1H3/b16-12+. The van der Waals surface area contributed by atoms with Gasteiger partial charge in [0, 0.05) is 7.11 Å². The van der Waals surface area contributed by atoms with Gasteiger partial charge in [-0.15, -0.1) is 0 Å². The quantitative estimate of drug-likeness (QED) is 0.508. The first-order chi connectivity index (χ1) is 8.83. The molecule has 3 heteroatoms. The Balaban J connectivity index is 2.61. The summed E-state index contributed by atoms with van der Waals surface area (Å²) in [6.07, 6.45) is 1.40. The van der Waals surface area contributed by atoms with Crippen molar-refractivity contribution in [2.75, 3.05) is 7.11 Å². The molecule has 3 nitrogen and oxygen atoms in total. The van der Waals surface area contributed by atoms with Gasteiger partial charge in [0.15, 0.2) is 5.60 Å². The zero-order valence-corrected chi connectivity index (χ0v) is 10.2. The first-order valence-electron chi connectivity index (χ1n) is 5.68. The first-order valence-corrected chi connectivity index (χ1v) is 5.68. The monoisotopic (exact) mass is 241 g/mol. The Morgan fingerprint density at radius 2 is 1.39 bits per heavy atom. The molecule has 2 rings (SSSR count). The second-order valence-corrected chi connectivity index (χ2v) is 3.92. The summed E-state index contributed by atoms with van der Waals surface area (Å²) in [5.74, 6) is 0. The molecule has 0 atom stereocenters. The molecule has 0 aliphatic heterocycles. The molecule has 1 N–H and O–H groups in total. The molecule has 0 unspecified atom stereocenters. The van der Waals surface area contributed by atoms with Crippen molar-refractivity contribution < 1.29 is 9.94 Å². The van der Waals surface area contributed by atoms with Crippen LogP contribution in [-0.4, -0.2) is 18.5 Å². The van der Waals surface area contributed by atoms with E-state index in [4.69, 9.17) is 9.94 Å². The molecule has 18 heavy (non-hydrogen) atoms. The number of hydrogen-bond donors (Lipinski definition) is 1. The SMILES string of the molecule is COC(/C=N/O)(c1ccccc1)c1ccccc1. The second-order valence-electron chi connectivity index (χ2n) is 3.92. The van der Waals surface area contributed by atoms with Crippen LogP contribution in [0.4, 0.5) is 0 Å². The van der Waals surface area contributed by atoms with Crippen LogP contribution in [0, 0.1) is 0 Å². The Bertz CT molecular complexity index is 469. The maximum atomic E-state index is 8.95. The van der Waals surface area contributed by atoms with Gasteiger partial charge in [0.25, 0.3) is 0 Å². The van der Waals surface area contributed by atoms with E-state index in [9.17, 15) is 0 Å². The normalized spacial score (nSPS) is 11.8. The van der Waals surface area contributed by atoms with Crippen LogP contribution in [-0.2, 0) is 10.3 Å². The molecular weight excluding hydrogens is 226 g/mol. The molecule has 0 aliphatic rings. The van der Waals surface area contributed by atoms with Crippen LogP contribution >= 0.6 is 0 Å². The van der Waals surface area contributed by atoms with Gasteiger partial charge in [-0.25, -0.2) is 0 Å². The summed E-state index contributed by atoms with van der Waals surface area (Å²) >= 11 is 0. The summed E-state index contributed by atoms with van der Waals surface area (Å²) in [5.41, 5.74) is 0.963. The van der Waals surface area contributed by atoms with Crippen LogP contribution in [0.15, 0.2) is 65.8 Å². The van der Waals surface area contributed by atoms with Gasteiger partial charge in [0.05, 0.1) is 6.21 Å². The average Bonchev–Trinajstić information content (AvgIpc) is 2.47. The topological polar surface area (TPSA) is 41.8 Å². The highest BCUT2D eigenvalue weighted by Gasteiger charge is 2.32. The van der Waals surface area contributed by atoms with E-state index in [-0.39, 0.29) is 0 Å². The lowest BCUT2D eigenvalue weighted by Crippen LogP contribution is -2.31. The fourth-order valence-electron chi connectivity index (χ4n) is 2.06. The molecule has 2 aromatic rings. The zero-order valence-electron chi connectivity index (χ0n) is 10.2. The van der Waals surface area contributed by atoms with E-state index >= 15 is 0 Å². The highest BCUT2D eigenvalue weighted by Crippen LogP contribution is 2.31. The molecule has 0 aliphatic carbocycles. The van der Waals surface area contributed by atoms with Crippen molar-refractivity contribution in [3.05, 3.63) is 71.8 Å². The molecule has 2 aromatic carbocycles. The van der Waals surface area contributed by atoms with Crippen LogP contribution < -0.4 is 0 Å². The first kappa shape index (κ1) is 12.3. The summed E-state index contributed by atoms with van der Waals surface area (Å²) in [5, 5.41) is 12.1. The van der Waals surface area contributed by atoms with Crippen molar-refractivity contribution in [1.29, 1.82) is 0 Å². The van der Waals surface area contributed by atoms with Gasteiger partial charge in [-0.2, -0.15) is 0 Å². The fourth-order valence-corrected chi connectivity index (χ4v) is 2.06. The fraction of sp³-hybridized carbons (Fsp3) is 0.133. The highest BCUT2D eigenvalue weighted by atomic mass is 16.5. The number of oxime groups is 1. The molecule has 0 amide bonds. The lowest BCUT2D eigenvalue weighted by molar-refractivity contribution is 0.0846. The van der Waals surface area contributed by atoms with Crippen molar-refractivity contribution in [1.82, 2.24) is 0 Å². The van der Waals surface area contributed by atoms with Crippen molar-refractivity contribution in [3.8, 4) is 0 Å². The maximum Gasteiger partial charge on any atom is 0.156 e. The van der Waals surface area contributed by atoms with Crippen molar-refractivity contribution in [2.45, 2.75) is 5.60 Å². The Morgan fingerprint density at radius 1 is 0.944 bits per heavy atom. The molecular formula is C15H15NO2. The van der Waals surface area contributed by atoms with E-state index in [0.717, 1.165) is 11.1 Å². The number of hydrogen-bond acceptors (Lipinski definition) is 3. The predicted octanol–water partition coefficient (Wildman–Crippen LogP) is 3.04. The minimum absolute atomic E-state index is 0.864. The van der Waals surface area contributed by atoms with Gasteiger partial charge < -0.3 is 9.94 Å². The Labute approximate surface area is 106 Å². The van der Waals surface area contributed by atoms with E-state index in [1.807, 2.05) is 60.7 Å². The summed E-state index contributed by atoms with van der Waals surface area (Å²) in [4.78, 5) is 0. The lowest BCUT2D eigenvalue weighted by atomic mass is 9.87. The van der Waals surface area contributed by atoms with Crippen LogP contribution in [0.25, 0.3) is 0 Å². The molecule has 0 saturated heterocycles. The maximum absolute atomic E-state index is 8.95. The molecule has 0 aromatic heterocycles. The van der Waals surface area contributed by atoms with E-state index < -0.39 is 5.60 Å². The minimum Gasteiger partial charge on any atom is -0.411 e. The van der Waals surface area contributed by atoms with E-state index in [0.29, 0.717) is 0 Å². The largest absolute Gasteiger partial charge is 0.411 e. The van der Waals surface area contributed by atoms with E-state index in [2.05, 4.69) is 5.16 Å². The third-order valence-electron chi connectivity index (χ3n) is 2.97. The molecule has 0 bridgehead atoms. The molecule has 92 valence electrons. The smallest absolute Gasteiger partial charge is 0.156 e. The van der Waals surface area contributed by atoms with Gasteiger partial charge in [0.1, 0.15) is 0 Å². The summed E-state index contributed by atoms with van der Waals surface area (Å²) in [6, 6.07) is 19.4. The average molecular weight is 241 g/mol. The number of benzene rings is 2. The molecule has 0 heterocycles. The Morgan fingerprint density at radius 3 is 1.72 bits per heavy atom. The number of ether oxygens (including phenoxy) is 1. The van der Waals surface area contributed by atoms with Crippen molar-refractivity contribution >= 4 is 6.21 Å². The molecule has 0 saturated carbocycles. The highest BCUT2D eigenvalue weighted by molar-refractivity contribution is 5.76.